The third-order valence-electron chi connectivity index (χ3n) is 2.16. The summed E-state index contributed by atoms with van der Waals surface area (Å²) >= 11 is 0. The topological polar surface area (TPSA) is 12.0 Å². The fourth-order valence-electron chi connectivity index (χ4n) is 0.893. The van der Waals surface area contributed by atoms with Gasteiger partial charge in [0.15, 0.2) is 0 Å². The van der Waals surface area contributed by atoms with E-state index in [2.05, 4.69) is 51.7 Å². The van der Waals surface area contributed by atoms with Crippen molar-refractivity contribution < 1.29 is 0 Å². The van der Waals surface area contributed by atoms with Gasteiger partial charge in [0.25, 0.3) is 0 Å². The average molecular weight is 223 g/mol. The van der Waals surface area contributed by atoms with Gasteiger partial charge in [0, 0.05) is 6.54 Å². The zero-order chi connectivity index (χ0) is 12.6. The number of rotatable bonds is 7. The van der Waals surface area contributed by atoms with Gasteiger partial charge in [-0.1, -0.05) is 70.1 Å². The molecule has 0 atom stereocenters. The van der Waals surface area contributed by atoms with Crippen LogP contribution in [0.5, 0.6) is 0 Å². The summed E-state index contributed by atoms with van der Waals surface area (Å²) < 4.78 is 0. The van der Waals surface area contributed by atoms with Gasteiger partial charge in [-0.2, -0.15) is 0 Å². The Bertz CT molecular complexity index is 188. The van der Waals surface area contributed by atoms with E-state index in [9.17, 15) is 0 Å². The summed E-state index contributed by atoms with van der Waals surface area (Å²) in [4.78, 5) is 0. The summed E-state index contributed by atoms with van der Waals surface area (Å²) in [5.74, 6) is 0. The van der Waals surface area contributed by atoms with Crippen LogP contribution in [0.15, 0.2) is 36.5 Å². The van der Waals surface area contributed by atoms with Crippen LogP contribution in [-0.2, 0) is 0 Å². The molecule has 0 fully saturated rings. The molecule has 0 bridgehead atoms. The van der Waals surface area contributed by atoms with Crippen LogP contribution in [0.3, 0.4) is 0 Å². The van der Waals surface area contributed by atoms with Gasteiger partial charge >= 0.3 is 0 Å². The van der Waals surface area contributed by atoms with E-state index in [4.69, 9.17) is 0 Å². The second-order valence-corrected chi connectivity index (χ2v) is 3.60. The van der Waals surface area contributed by atoms with Crippen LogP contribution in [0.4, 0.5) is 0 Å². The van der Waals surface area contributed by atoms with Crippen molar-refractivity contribution in [3.63, 3.8) is 0 Å². The van der Waals surface area contributed by atoms with Crippen LogP contribution in [0.1, 0.15) is 47.0 Å². The molecule has 0 unspecified atom stereocenters. The number of allylic oxidation sites excluding steroid dienone is 4. The Labute approximate surface area is 102 Å². The maximum Gasteiger partial charge on any atom is 0.0167 e. The maximum absolute atomic E-state index is 3.62. The predicted molar refractivity (Wildman–Crippen MR) is 76.8 cm³/mol. The van der Waals surface area contributed by atoms with Crippen molar-refractivity contribution in [1.29, 1.82) is 0 Å². The highest BCUT2D eigenvalue weighted by atomic mass is 14.8. The summed E-state index contributed by atoms with van der Waals surface area (Å²) in [6, 6.07) is 0. The van der Waals surface area contributed by atoms with Crippen molar-refractivity contribution in [1.82, 2.24) is 5.32 Å². The summed E-state index contributed by atoms with van der Waals surface area (Å²) in [5, 5.41) is 3.30. The molecule has 0 amide bonds. The molecule has 1 nitrogen and oxygen atoms in total. The highest BCUT2D eigenvalue weighted by molar-refractivity contribution is 5.10. The second-order valence-electron chi connectivity index (χ2n) is 3.60. The molecule has 0 rings (SSSR count). The van der Waals surface area contributed by atoms with Crippen LogP contribution in [-0.4, -0.2) is 13.1 Å². The molecular formula is C15H29N. The molecular weight excluding hydrogens is 194 g/mol. The minimum atomic E-state index is 0.995. The Morgan fingerprint density at radius 1 is 1.19 bits per heavy atom. The molecule has 0 aromatic carbocycles. The molecule has 0 aliphatic carbocycles. The van der Waals surface area contributed by atoms with E-state index in [1.165, 1.54) is 18.4 Å². The lowest BCUT2D eigenvalue weighted by molar-refractivity contribution is 0.765. The highest BCUT2D eigenvalue weighted by Gasteiger charge is 1.90. The molecule has 16 heavy (non-hydrogen) atoms. The molecule has 0 aromatic rings. The van der Waals surface area contributed by atoms with E-state index in [0.717, 1.165) is 19.5 Å². The standard InChI is InChI=1S/C11H19N.C4H10/c1-4-7-8-9-11(5-2)10-12-6-3;1-3-4-2/h4-5,7-8,12H,1,6,9-10H2,2-3H3;3-4H2,1-2H3/b8-7-,11-5+;. The lowest BCUT2D eigenvalue weighted by atomic mass is 10.1. The van der Waals surface area contributed by atoms with Crippen LogP contribution < -0.4 is 5.32 Å². The molecule has 1 N–H and O–H groups in total. The average Bonchev–Trinajstić information content (AvgIpc) is 2.34. The van der Waals surface area contributed by atoms with Gasteiger partial charge < -0.3 is 5.32 Å². The Hall–Kier alpha value is -0.820. The van der Waals surface area contributed by atoms with E-state index in [1.54, 1.807) is 6.08 Å². The Morgan fingerprint density at radius 2 is 1.81 bits per heavy atom. The maximum atomic E-state index is 3.62. The van der Waals surface area contributed by atoms with Crippen molar-refractivity contribution in [2.75, 3.05) is 13.1 Å². The van der Waals surface area contributed by atoms with Gasteiger partial charge in [-0.3, -0.25) is 0 Å². The molecule has 0 radical (unpaired) electrons. The quantitative estimate of drug-likeness (QED) is 0.495. The monoisotopic (exact) mass is 223 g/mol. The Morgan fingerprint density at radius 3 is 2.19 bits per heavy atom. The molecule has 94 valence electrons. The number of hydrogen-bond acceptors (Lipinski definition) is 1. The summed E-state index contributed by atoms with van der Waals surface area (Å²) in [7, 11) is 0. The first-order chi connectivity index (χ1) is 7.76. The van der Waals surface area contributed by atoms with Crippen molar-refractivity contribution in [3.8, 4) is 0 Å². The van der Waals surface area contributed by atoms with Crippen molar-refractivity contribution in [2.24, 2.45) is 0 Å². The van der Waals surface area contributed by atoms with Gasteiger partial charge in [-0.15, -0.1) is 0 Å². The first-order valence-electron chi connectivity index (χ1n) is 6.38. The second kappa shape index (κ2) is 16.6. The molecule has 0 aliphatic heterocycles. The molecule has 0 aliphatic rings. The first-order valence-corrected chi connectivity index (χ1v) is 6.38. The van der Waals surface area contributed by atoms with Crippen LogP contribution >= 0.6 is 0 Å². The van der Waals surface area contributed by atoms with Crippen LogP contribution in [0.25, 0.3) is 0 Å². The van der Waals surface area contributed by atoms with E-state index in [-0.39, 0.29) is 0 Å². The molecule has 0 heterocycles. The number of nitrogens with one attached hydrogen (secondary N) is 1. The first kappa shape index (κ1) is 17.6. The molecule has 1 heteroatoms. The van der Waals surface area contributed by atoms with Crippen LogP contribution in [0.2, 0.25) is 0 Å². The summed E-state index contributed by atoms with van der Waals surface area (Å²) in [5.41, 5.74) is 1.43. The zero-order valence-corrected chi connectivity index (χ0v) is 11.6. The number of hydrogen-bond donors (Lipinski definition) is 1. The van der Waals surface area contributed by atoms with E-state index < -0.39 is 0 Å². The van der Waals surface area contributed by atoms with E-state index in [0.29, 0.717) is 0 Å². The third kappa shape index (κ3) is 15.6. The lowest BCUT2D eigenvalue weighted by Gasteiger charge is -2.03. The predicted octanol–water partition coefficient (Wildman–Crippen LogP) is 4.48. The number of likely N-dealkylation sites (N-methyl/N-ethyl adjacent to an activating group) is 1. The van der Waals surface area contributed by atoms with Crippen LogP contribution in [0, 0.1) is 0 Å². The SMILES string of the molecule is C=C/C=C\C/C(=C\C)CNCC.CCCC. The summed E-state index contributed by atoms with van der Waals surface area (Å²) in [6.45, 7) is 14.2. The molecule has 0 spiro atoms. The summed E-state index contributed by atoms with van der Waals surface area (Å²) in [6.07, 6.45) is 11.7. The molecule has 0 saturated carbocycles. The van der Waals surface area contributed by atoms with Gasteiger partial charge in [0.05, 0.1) is 0 Å². The highest BCUT2D eigenvalue weighted by Crippen LogP contribution is 2.00. The number of unbranched alkanes of at least 4 members (excludes halogenated alkanes) is 1. The van der Waals surface area contributed by atoms with Crippen molar-refractivity contribution in [2.45, 2.75) is 47.0 Å². The third-order valence-corrected chi connectivity index (χ3v) is 2.16. The van der Waals surface area contributed by atoms with Gasteiger partial charge in [0.1, 0.15) is 0 Å². The van der Waals surface area contributed by atoms with Crippen molar-refractivity contribution in [3.05, 3.63) is 36.5 Å². The van der Waals surface area contributed by atoms with E-state index in [1.807, 2.05) is 6.08 Å². The zero-order valence-electron chi connectivity index (χ0n) is 11.6. The Balaban J connectivity index is 0. The minimum Gasteiger partial charge on any atom is -0.313 e. The molecule has 0 aromatic heterocycles. The molecule has 0 saturated heterocycles. The van der Waals surface area contributed by atoms with Gasteiger partial charge in [-0.05, 0) is 19.9 Å². The van der Waals surface area contributed by atoms with E-state index >= 15 is 0 Å². The fraction of sp³-hybridized carbons (Fsp3) is 0.600. The fourth-order valence-corrected chi connectivity index (χ4v) is 0.893. The Kier molecular flexibility index (Phi) is 18.2. The largest absolute Gasteiger partial charge is 0.313 e. The smallest absolute Gasteiger partial charge is 0.0167 e. The van der Waals surface area contributed by atoms with Gasteiger partial charge in [0.2, 0.25) is 0 Å². The minimum absolute atomic E-state index is 0.995. The normalized spacial score (nSPS) is 11.1. The van der Waals surface area contributed by atoms with Gasteiger partial charge in [-0.25, -0.2) is 0 Å². The lowest BCUT2D eigenvalue weighted by Crippen LogP contribution is -2.15. The van der Waals surface area contributed by atoms with Crippen molar-refractivity contribution >= 4 is 0 Å².